The molecule has 1 heterocycles. The zero-order valence-corrected chi connectivity index (χ0v) is 29.8. The molecule has 4 atom stereocenters. The molecule has 8 nitrogen and oxygen atoms in total. The van der Waals surface area contributed by atoms with Gasteiger partial charge in [0.25, 0.3) is 6.43 Å². The zero-order valence-electron chi connectivity index (χ0n) is 28.0. The van der Waals surface area contributed by atoms with Crippen LogP contribution in [0.3, 0.4) is 0 Å². The van der Waals surface area contributed by atoms with Crippen molar-refractivity contribution in [3.05, 3.63) is 29.6 Å². The van der Waals surface area contributed by atoms with E-state index in [9.17, 15) is 31.3 Å². The van der Waals surface area contributed by atoms with E-state index in [1.54, 1.807) is 44.4 Å². The first-order chi connectivity index (χ1) is 21.1. The molecular weight excluding hydrogens is 648 g/mol. The Morgan fingerprint density at radius 3 is 2.41 bits per heavy atom. The Kier molecular flexibility index (Phi) is 12.8. The molecule has 2 N–H and O–H groups in total. The number of aromatic nitrogens is 2. The molecule has 0 spiro atoms. The lowest BCUT2D eigenvalue weighted by Gasteiger charge is -2.34. The third-order valence-electron chi connectivity index (χ3n) is 7.97. The van der Waals surface area contributed by atoms with Gasteiger partial charge in [0.1, 0.15) is 30.0 Å². The molecule has 2 unspecified atom stereocenters. The van der Waals surface area contributed by atoms with E-state index < -0.39 is 67.5 Å². The van der Waals surface area contributed by atoms with Crippen LogP contribution >= 0.6 is 0 Å². The highest BCUT2D eigenvalue weighted by Gasteiger charge is 2.46. The van der Waals surface area contributed by atoms with Crippen LogP contribution in [0.25, 0.3) is 11.0 Å². The molecule has 15 heteroatoms. The summed E-state index contributed by atoms with van der Waals surface area (Å²) in [5.74, 6) is -3.07. The second-order valence-corrected chi connectivity index (χ2v) is 22.3. The van der Waals surface area contributed by atoms with Gasteiger partial charge in [0.05, 0.1) is 23.7 Å². The van der Waals surface area contributed by atoms with Gasteiger partial charge in [-0.2, -0.15) is 0 Å². The summed E-state index contributed by atoms with van der Waals surface area (Å²) >= 11 is -1.68. The van der Waals surface area contributed by atoms with E-state index in [1.807, 2.05) is 6.07 Å². The van der Waals surface area contributed by atoms with Gasteiger partial charge in [-0.05, 0) is 64.3 Å². The summed E-state index contributed by atoms with van der Waals surface area (Å²) in [7, 11) is -1.43. The highest BCUT2D eigenvalue weighted by atomic mass is 32.2. The largest absolute Gasteiger partial charge is 0.598 e. The second-order valence-electron chi connectivity index (χ2n) is 14.7. The Labute approximate surface area is 272 Å². The van der Waals surface area contributed by atoms with Gasteiger partial charge in [-0.15, -0.1) is 4.72 Å². The molecule has 1 aliphatic carbocycles. The molecule has 0 saturated heterocycles. The molecule has 2 aromatic rings. The van der Waals surface area contributed by atoms with Crippen molar-refractivity contribution in [3.8, 4) is 0 Å². The van der Waals surface area contributed by atoms with Crippen molar-refractivity contribution in [2.75, 3.05) is 19.9 Å². The molecule has 262 valence electrons. The van der Waals surface area contributed by atoms with Crippen molar-refractivity contribution in [3.63, 3.8) is 0 Å². The number of benzene rings is 1. The van der Waals surface area contributed by atoms with Crippen LogP contribution in [-0.2, 0) is 32.4 Å². The van der Waals surface area contributed by atoms with Gasteiger partial charge in [-0.1, -0.05) is 25.7 Å². The molecule has 0 aliphatic heterocycles. The molecule has 1 amide bonds. The van der Waals surface area contributed by atoms with Crippen LogP contribution in [0, 0.1) is 5.92 Å². The highest BCUT2D eigenvalue weighted by molar-refractivity contribution is 7.90. The number of halogens is 5. The summed E-state index contributed by atoms with van der Waals surface area (Å²) in [6.45, 7) is 13.3. The van der Waals surface area contributed by atoms with Gasteiger partial charge >= 0.3 is 0 Å². The number of ether oxygens (including phenoxy) is 2. The van der Waals surface area contributed by atoms with E-state index in [1.165, 1.54) is 0 Å². The van der Waals surface area contributed by atoms with Crippen LogP contribution < -0.4 is 10.0 Å². The van der Waals surface area contributed by atoms with Crippen LogP contribution in [-0.4, -0.2) is 70.7 Å². The molecule has 3 rings (SSSR count). The van der Waals surface area contributed by atoms with Crippen molar-refractivity contribution >= 4 is 36.4 Å². The number of fused-ring (bicyclic) bond motifs is 1. The monoisotopic (exact) mass is 696 g/mol. The van der Waals surface area contributed by atoms with Crippen LogP contribution in [0.4, 0.5) is 22.0 Å². The number of hydrogen-bond acceptors (Lipinski definition) is 6. The topological polar surface area (TPSA) is 100 Å². The maximum atomic E-state index is 13.7. The molecule has 0 radical (unpaired) electrons. The smallest absolute Gasteiger partial charge is 0.269 e. The third kappa shape index (κ3) is 10.6. The van der Waals surface area contributed by atoms with Crippen molar-refractivity contribution in [2.24, 2.45) is 5.92 Å². The first kappa shape index (κ1) is 38.7. The molecular formula is C31H49F5N4O4SSi. The predicted octanol–water partition coefficient (Wildman–Crippen LogP) is 7.06. The summed E-state index contributed by atoms with van der Waals surface area (Å²) in [5, 5.41) is 2.88. The SMILES string of the molecule is C[C@@H](NC(=O)CC1CC(F)(F)C1)c1ccc2nc([C@H](COC(C)(CF)C(F)F)N[S+]([O-])C(C)(C)C)n(COCC[Si](C)(C)C)c2c1. The minimum atomic E-state index is -3.10. The van der Waals surface area contributed by atoms with Gasteiger partial charge in [0, 0.05) is 45.3 Å². The minimum absolute atomic E-state index is 0.0177. The second kappa shape index (κ2) is 15.2. The first-order valence-corrected chi connectivity index (χ1v) is 20.4. The molecule has 1 aromatic carbocycles. The van der Waals surface area contributed by atoms with E-state index in [2.05, 4.69) is 29.7 Å². The molecule has 46 heavy (non-hydrogen) atoms. The number of carbonyl (C=O) groups excluding carboxylic acids is 1. The molecule has 1 fully saturated rings. The Bertz CT molecular complexity index is 1310. The summed E-state index contributed by atoms with van der Waals surface area (Å²) in [6, 6.07) is 4.78. The lowest BCUT2D eigenvalue weighted by Crippen LogP contribution is -2.46. The Morgan fingerprint density at radius 1 is 1.22 bits per heavy atom. The fraction of sp³-hybridized carbons (Fsp3) is 0.742. The van der Waals surface area contributed by atoms with Gasteiger partial charge in [-0.25, -0.2) is 26.9 Å². The fourth-order valence-corrected chi connectivity index (χ4v) is 6.38. The molecule has 1 aliphatic rings. The number of nitrogens with one attached hydrogen (secondary N) is 2. The first-order valence-electron chi connectivity index (χ1n) is 15.6. The Balaban J connectivity index is 1.97. The summed E-state index contributed by atoms with van der Waals surface area (Å²) in [4.78, 5) is 17.4. The van der Waals surface area contributed by atoms with Gasteiger partial charge in [0.15, 0.2) is 5.60 Å². The van der Waals surface area contributed by atoms with Crippen molar-refractivity contribution < 1.29 is 40.8 Å². The van der Waals surface area contributed by atoms with E-state index in [4.69, 9.17) is 14.5 Å². The zero-order chi connectivity index (χ0) is 34.7. The van der Waals surface area contributed by atoms with E-state index >= 15 is 0 Å². The number of rotatable bonds is 17. The summed E-state index contributed by atoms with van der Waals surface area (Å²) < 4.78 is 96.4. The maximum Gasteiger partial charge on any atom is 0.269 e. The van der Waals surface area contributed by atoms with Crippen LogP contribution in [0.1, 0.15) is 77.4 Å². The lowest BCUT2D eigenvalue weighted by atomic mass is 9.79. The minimum Gasteiger partial charge on any atom is -0.598 e. The number of alkyl halides is 5. The number of carbonyl (C=O) groups is 1. The van der Waals surface area contributed by atoms with Crippen molar-refractivity contribution in [1.29, 1.82) is 0 Å². The van der Waals surface area contributed by atoms with E-state index in [0.717, 1.165) is 18.5 Å². The standard InChI is InChI=1S/C31H49F5N4O4SSi/c1-20(37-26(41)13-21-15-31(35,36)16-21)22-9-10-23-25(14-22)40(19-43-11-12-46(6,7)8)27(38-23)24(39-45(42)29(2,3)4)17-44-30(5,18-32)28(33)34/h9-10,14,20-21,24,28,39H,11-13,15-19H2,1-8H3,(H,37,41)/t20-,24+,30?,45?/m1/s1. The van der Waals surface area contributed by atoms with Gasteiger partial charge in [-0.3, -0.25) is 4.79 Å². The number of imidazole rings is 1. The van der Waals surface area contributed by atoms with Gasteiger partial charge in [0.2, 0.25) is 11.8 Å². The normalized spacial score (nSPS) is 19.1. The molecule has 0 bridgehead atoms. The Morgan fingerprint density at radius 2 is 1.87 bits per heavy atom. The average Bonchev–Trinajstić information content (AvgIpc) is 3.28. The lowest BCUT2D eigenvalue weighted by molar-refractivity contribution is -0.143. The summed E-state index contributed by atoms with van der Waals surface area (Å²) in [5.41, 5.74) is -0.519. The van der Waals surface area contributed by atoms with Crippen molar-refractivity contribution in [2.45, 2.75) is 121 Å². The number of amides is 1. The van der Waals surface area contributed by atoms with Crippen LogP contribution in [0.2, 0.25) is 25.7 Å². The highest BCUT2D eigenvalue weighted by Crippen LogP contribution is 2.44. The van der Waals surface area contributed by atoms with E-state index in [-0.39, 0.29) is 37.8 Å². The third-order valence-corrected chi connectivity index (χ3v) is 11.3. The number of nitrogens with zero attached hydrogens (tertiary/aromatic N) is 2. The van der Waals surface area contributed by atoms with Crippen molar-refractivity contribution in [1.82, 2.24) is 19.6 Å². The fourth-order valence-electron chi connectivity index (χ4n) is 4.84. The molecule has 1 saturated carbocycles. The average molecular weight is 697 g/mol. The number of hydrogen-bond donors (Lipinski definition) is 2. The Hall–Kier alpha value is -1.78. The van der Waals surface area contributed by atoms with E-state index in [0.29, 0.717) is 23.5 Å². The quantitative estimate of drug-likeness (QED) is 0.0795. The van der Waals surface area contributed by atoms with Crippen LogP contribution in [0.5, 0.6) is 0 Å². The van der Waals surface area contributed by atoms with Gasteiger partial charge < -0.3 is 23.9 Å². The summed E-state index contributed by atoms with van der Waals surface area (Å²) in [6.07, 6.45) is -3.67. The predicted molar refractivity (Wildman–Crippen MR) is 173 cm³/mol. The maximum absolute atomic E-state index is 13.7. The van der Waals surface area contributed by atoms with Crippen LogP contribution in [0.15, 0.2) is 18.2 Å². The molecule has 1 aromatic heterocycles.